The highest BCUT2D eigenvalue weighted by molar-refractivity contribution is 5.87. The Hall–Kier alpha value is -2.11. The highest BCUT2D eigenvalue weighted by Crippen LogP contribution is 2.27. The van der Waals surface area contributed by atoms with Crippen molar-refractivity contribution in [3.8, 4) is 0 Å². The molecule has 2 heterocycles. The molecule has 1 fully saturated rings. The number of nitrogens with zero attached hydrogens (tertiary/aromatic N) is 3. The summed E-state index contributed by atoms with van der Waals surface area (Å²) in [6, 6.07) is 1.99. The summed E-state index contributed by atoms with van der Waals surface area (Å²) in [5.74, 6) is 0.867. The molecule has 1 aromatic heterocycles. The number of anilines is 1. The van der Waals surface area contributed by atoms with Gasteiger partial charge in [0.05, 0.1) is 6.04 Å². The third-order valence-corrected chi connectivity index (χ3v) is 4.38. The topological polar surface area (TPSA) is 67.2 Å². The van der Waals surface area contributed by atoms with Gasteiger partial charge in [-0.2, -0.15) is 5.10 Å². The van der Waals surface area contributed by atoms with Crippen LogP contribution in [0.15, 0.2) is 24.4 Å². The van der Waals surface area contributed by atoms with Crippen molar-refractivity contribution in [3.05, 3.63) is 24.4 Å². The lowest BCUT2D eigenvalue weighted by Gasteiger charge is -2.24. The van der Waals surface area contributed by atoms with Gasteiger partial charge in [0.1, 0.15) is 0 Å². The van der Waals surface area contributed by atoms with E-state index in [1.807, 2.05) is 15.8 Å². The van der Waals surface area contributed by atoms with Crippen LogP contribution in [0.1, 0.15) is 38.6 Å². The highest BCUT2D eigenvalue weighted by atomic mass is 16.2. The molecule has 6 nitrogen and oxygen atoms in total. The zero-order valence-electron chi connectivity index (χ0n) is 12.9. The van der Waals surface area contributed by atoms with Crippen molar-refractivity contribution in [2.75, 3.05) is 18.4 Å². The Balaban J connectivity index is 1.59. The van der Waals surface area contributed by atoms with E-state index in [0.717, 1.165) is 32.2 Å². The fraction of sp³-hybridized carbons (Fsp3) is 0.562. The van der Waals surface area contributed by atoms with Gasteiger partial charge in [-0.3, -0.25) is 14.3 Å². The van der Waals surface area contributed by atoms with Gasteiger partial charge in [-0.15, -0.1) is 0 Å². The Labute approximate surface area is 130 Å². The van der Waals surface area contributed by atoms with E-state index >= 15 is 0 Å². The molecule has 2 atom stereocenters. The first-order valence-corrected chi connectivity index (χ1v) is 7.90. The van der Waals surface area contributed by atoms with Gasteiger partial charge in [-0.05, 0) is 25.7 Å². The van der Waals surface area contributed by atoms with Crippen molar-refractivity contribution >= 4 is 17.6 Å². The standard InChI is InChI=1S/C16H22N4O2/c1-12(21)17-15-8-10-20(18-15)14-7-9-19(11-14)16(22)13-5-3-2-4-6-13/h2-3,8,10,13-14H,4-7,9,11H2,1H3,(H,17,18,21). The summed E-state index contributed by atoms with van der Waals surface area (Å²) in [5.41, 5.74) is 0. The quantitative estimate of drug-likeness (QED) is 0.868. The smallest absolute Gasteiger partial charge is 0.226 e. The molecule has 118 valence electrons. The fourth-order valence-electron chi connectivity index (χ4n) is 3.22. The second kappa shape index (κ2) is 6.34. The van der Waals surface area contributed by atoms with Gasteiger partial charge >= 0.3 is 0 Å². The molecule has 22 heavy (non-hydrogen) atoms. The molecular weight excluding hydrogens is 280 g/mol. The molecule has 0 radical (unpaired) electrons. The first-order chi connectivity index (χ1) is 10.6. The van der Waals surface area contributed by atoms with E-state index in [0.29, 0.717) is 12.4 Å². The number of hydrogen-bond donors (Lipinski definition) is 1. The third kappa shape index (κ3) is 3.21. The molecule has 2 amide bonds. The van der Waals surface area contributed by atoms with Crippen LogP contribution in [0, 0.1) is 5.92 Å². The van der Waals surface area contributed by atoms with Gasteiger partial charge in [0, 0.05) is 38.2 Å². The van der Waals surface area contributed by atoms with Gasteiger partial charge in [0.2, 0.25) is 11.8 Å². The minimum atomic E-state index is -0.126. The average molecular weight is 302 g/mol. The lowest BCUT2D eigenvalue weighted by Crippen LogP contribution is -2.35. The van der Waals surface area contributed by atoms with E-state index in [9.17, 15) is 9.59 Å². The van der Waals surface area contributed by atoms with Crippen LogP contribution in [0.5, 0.6) is 0 Å². The van der Waals surface area contributed by atoms with Crippen LogP contribution in [0.2, 0.25) is 0 Å². The SMILES string of the molecule is CC(=O)Nc1ccn(C2CCN(C(=O)C3CC=CCC3)C2)n1. The van der Waals surface area contributed by atoms with E-state index in [2.05, 4.69) is 22.6 Å². The van der Waals surface area contributed by atoms with Gasteiger partial charge in [-0.1, -0.05) is 12.2 Å². The maximum absolute atomic E-state index is 12.5. The predicted octanol–water partition coefficient (Wildman–Crippen LogP) is 1.97. The van der Waals surface area contributed by atoms with E-state index in [1.165, 1.54) is 6.92 Å². The maximum Gasteiger partial charge on any atom is 0.226 e. The van der Waals surface area contributed by atoms with Gasteiger partial charge in [0.15, 0.2) is 5.82 Å². The van der Waals surface area contributed by atoms with E-state index < -0.39 is 0 Å². The first kappa shape index (κ1) is 14.8. The maximum atomic E-state index is 12.5. The van der Waals surface area contributed by atoms with Crippen molar-refractivity contribution in [2.45, 2.75) is 38.6 Å². The zero-order chi connectivity index (χ0) is 15.5. The van der Waals surface area contributed by atoms with Crippen LogP contribution in [0.3, 0.4) is 0 Å². The summed E-state index contributed by atoms with van der Waals surface area (Å²) in [4.78, 5) is 25.5. The van der Waals surface area contributed by atoms with Crippen LogP contribution in [0.4, 0.5) is 5.82 Å². The lowest BCUT2D eigenvalue weighted by molar-refractivity contribution is -0.134. The van der Waals surface area contributed by atoms with Crippen molar-refractivity contribution < 1.29 is 9.59 Å². The number of amides is 2. The normalized spacial score (nSPS) is 24.5. The molecule has 0 spiro atoms. The largest absolute Gasteiger partial charge is 0.340 e. The minimum Gasteiger partial charge on any atom is -0.340 e. The number of allylic oxidation sites excluding steroid dienone is 2. The van der Waals surface area contributed by atoms with Gasteiger partial charge in [0.25, 0.3) is 0 Å². The Morgan fingerprint density at radius 1 is 1.32 bits per heavy atom. The number of carbonyl (C=O) groups excluding carboxylic acids is 2. The van der Waals surface area contributed by atoms with Crippen LogP contribution >= 0.6 is 0 Å². The number of likely N-dealkylation sites (tertiary alicyclic amines) is 1. The zero-order valence-corrected chi connectivity index (χ0v) is 12.9. The summed E-state index contributed by atoms with van der Waals surface area (Å²) in [5, 5.41) is 7.05. The van der Waals surface area contributed by atoms with E-state index in [-0.39, 0.29) is 23.8 Å². The average Bonchev–Trinajstić information content (AvgIpc) is 3.15. The number of hydrogen-bond acceptors (Lipinski definition) is 3. The first-order valence-electron chi connectivity index (χ1n) is 7.90. The number of carbonyl (C=O) groups is 2. The molecule has 1 saturated heterocycles. The Morgan fingerprint density at radius 2 is 2.18 bits per heavy atom. The molecule has 1 aromatic rings. The second-order valence-electron chi connectivity index (χ2n) is 6.07. The fourth-order valence-corrected chi connectivity index (χ4v) is 3.22. The summed E-state index contributed by atoms with van der Waals surface area (Å²) in [6.45, 7) is 2.97. The van der Waals surface area contributed by atoms with E-state index in [4.69, 9.17) is 0 Å². The van der Waals surface area contributed by atoms with Crippen molar-refractivity contribution in [3.63, 3.8) is 0 Å². The highest BCUT2D eigenvalue weighted by Gasteiger charge is 2.31. The van der Waals surface area contributed by atoms with Crippen LogP contribution in [-0.2, 0) is 9.59 Å². The molecular formula is C16H22N4O2. The Kier molecular flexibility index (Phi) is 4.27. The lowest BCUT2D eigenvalue weighted by atomic mass is 9.93. The molecule has 3 rings (SSSR count). The molecule has 1 aliphatic carbocycles. The molecule has 6 heteroatoms. The van der Waals surface area contributed by atoms with E-state index in [1.54, 1.807) is 6.07 Å². The molecule has 1 N–H and O–H groups in total. The van der Waals surface area contributed by atoms with Crippen LogP contribution in [-0.4, -0.2) is 39.6 Å². The van der Waals surface area contributed by atoms with Crippen molar-refractivity contribution in [1.82, 2.24) is 14.7 Å². The summed E-state index contributed by atoms with van der Waals surface area (Å²) in [6.07, 6.45) is 9.89. The molecule has 0 aromatic carbocycles. The monoisotopic (exact) mass is 302 g/mol. The van der Waals surface area contributed by atoms with Crippen LogP contribution in [0.25, 0.3) is 0 Å². The molecule has 2 aliphatic rings. The second-order valence-corrected chi connectivity index (χ2v) is 6.07. The van der Waals surface area contributed by atoms with Crippen LogP contribution < -0.4 is 5.32 Å². The Bertz CT molecular complexity index is 593. The minimum absolute atomic E-state index is 0.126. The predicted molar refractivity (Wildman–Crippen MR) is 83.2 cm³/mol. The molecule has 0 saturated carbocycles. The summed E-state index contributed by atoms with van der Waals surface area (Å²) < 4.78 is 1.86. The molecule has 2 unspecified atom stereocenters. The molecule has 1 aliphatic heterocycles. The Morgan fingerprint density at radius 3 is 2.91 bits per heavy atom. The number of aromatic nitrogens is 2. The number of nitrogens with one attached hydrogen (secondary N) is 1. The molecule has 0 bridgehead atoms. The third-order valence-electron chi connectivity index (χ3n) is 4.38. The van der Waals surface area contributed by atoms with Crippen molar-refractivity contribution in [2.24, 2.45) is 5.92 Å². The van der Waals surface area contributed by atoms with Crippen molar-refractivity contribution in [1.29, 1.82) is 0 Å². The number of rotatable bonds is 3. The van der Waals surface area contributed by atoms with Gasteiger partial charge in [-0.25, -0.2) is 0 Å². The van der Waals surface area contributed by atoms with Gasteiger partial charge < -0.3 is 10.2 Å². The summed E-state index contributed by atoms with van der Waals surface area (Å²) in [7, 11) is 0. The summed E-state index contributed by atoms with van der Waals surface area (Å²) >= 11 is 0.